The van der Waals surface area contributed by atoms with Gasteiger partial charge in [-0.1, -0.05) is 44.2 Å². The summed E-state index contributed by atoms with van der Waals surface area (Å²) in [5, 5.41) is 3.22. The first-order valence-electron chi connectivity index (χ1n) is 11.8. The van der Waals surface area contributed by atoms with Gasteiger partial charge in [-0.25, -0.2) is 4.79 Å². The lowest BCUT2D eigenvalue weighted by Gasteiger charge is -2.44. The fourth-order valence-corrected chi connectivity index (χ4v) is 5.84. The number of benzene rings is 2. The van der Waals surface area contributed by atoms with Crippen molar-refractivity contribution in [3.63, 3.8) is 0 Å². The number of rotatable bonds is 4. The Morgan fingerprint density at radius 3 is 2.50 bits per heavy atom. The number of carbonyl (C=O) groups excluding carboxylic acids is 1. The lowest BCUT2D eigenvalue weighted by atomic mass is 9.85. The third-order valence-electron chi connectivity index (χ3n) is 7.74. The first kappa shape index (κ1) is 21.3. The Morgan fingerprint density at radius 2 is 1.81 bits per heavy atom. The van der Waals surface area contributed by atoms with Crippen molar-refractivity contribution >= 4 is 6.09 Å². The van der Waals surface area contributed by atoms with E-state index in [1.165, 1.54) is 16.7 Å². The number of ether oxygens (including phenoxy) is 2. The van der Waals surface area contributed by atoms with Crippen LogP contribution < -0.4 is 10.1 Å². The molecule has 2 aromatic rings. The van der Waals surface area contributed by atoms with Crippen molar-refractivity contribution in [2.75, 3.05) is 26.7 Å². The maximum Gasteiger partial charge on any atom is 0.407 e. The Morgan fingerprint density at radius 1 is 1.09 bits per heavy atom. The van der Waals surface area contributed by atoms with Crippen molar-refractivity contribution in [1.82, 2.24) is 10.2 Å². The first-order chi connectivity index (χ1) is 15.3. The summed E-state index contributed by atoms with van der Waals surface area (Å²) in [7, 11) is 1.71. The van der Waals surface area contributed by atoms with Gasteiger partial charge in [0.15, 0.2) is 0 Å². The summed E-state index contributed by atoms with van der Waals surface area (Å²) in [5.41, 5.74) is 5.87. The average molecular weight is 435 g/mol. The summed E-state index contributed by atoms with van der Waals surface area (Å²) >= 11 is 0. The van der Waals surface area contributed by atoms with Crippen LogP contribution in [0.1, 0.15) is 49.4 Å². The van der Waals surface area contributed by atoms with Gasteiger partial charge >= 0.3 is 6.09 Å². The molecular weight excluding hydrogens is 400 g/mol. The molecule has 5 heteroatoms. The summed E-state index contributed by atoms with van der Waals surface area (Å²) in [6, 6.07) is 12.9. The molecule has 32 heavy (non-hydrogen) atoms. The Labute approximate surface area is 191 Å². The first-order valence-corrected chi connectivity index (χ1v) is 11.8. The van der Waals surface area contributed by atoms with Crippen LogP contribution in [0.15, 0.2) is 36.4 Å². The van der Waals surface area contributed by atoms with Gasteiger partial charge in [-0.05, 0) is 84.5 Å². The van der Waals surface area contributed by atoms with Crippen LogP contribution in [0.4, 0.5) is 4.79 Å². The van der Waals surface area contributed by atoms with Crippen LogP contribution in [0.3, 0.4) is 0 Å². The molecule has 2 bridgehead atoms. The van der Waals surface area contributed by atoms with Crippen LogP contribution in [-0.2, 0) is 11.2 Å². The number of methoxy groups -OCH3 is 1. The van der Waals surface area contributed by atoms with Gasteiger partial charge in [0.1, 0.15) is 11.9 Å². The lowest BCUT2D eigenvalue weighted by molar-refractivity contribution is -0.0348. The maximum atomic E-state index is 12.9. The summed E-state index contributed by atoms with van der Waals surface area (Å²) in [6.07, 6.45) is 2.96. The second-order valence-electron chi connectivity index (χ2n) is 10.4. The zero-order valence-corrected chi connectivity index (χ0v) is 19.6. The fraction of sp³-hybridized carbons (Fsp3) is 0.519. The molecule has 1 N–H and O–H groups in total. The van der Waals surface area contributed by atoms with Gasteiger partial charge in [0.2, 0.25) is 0 Å². The van der Waals surface area contributed by atoms with Gasteiger partial charge in [0.25, 0.3) is 0 Å². The number of aryl methyl sites for hydroxylation is 1. The van der Waals surface area contributed by atoms with Gasteiger partial charge < -0.3 is 14.8 Å². The number of carbonyl (C=O) groups is 1. The Hall–Kier alpha value is -2.53. The number of hydrogen-bond acceptors (Lipinski definition) is 4. The third kappa shape index (κ3) is 3.88. The molecule has 0 radical (unpaired) electrons. The number of fused-ring (bicyclic) bond motifs is 4. The van der Waals surface area contributed by atoms with Crippen LogP contribution >= 0.6 is 0 Å². The van der Waals surface area contributed by atoms with Crippen molar-refractivity contribution in [1.29, 1.82) is 0 Å². The van der Waals surface area contributed by atoms with Crippen LogP contribution in [0, 0.1) is 18.3 Å². The molecule has 1 unspecified atom stereocenters. The predicted molar refractivity (Wildman–Crippen MR) is 126 cm³/mol. The molecule has 0 saturated carbocycles. The molecule has 5 nitrogen and oxygen atoms in total. The van der Waals surface area contributed by atoms with Crippen LogP contribution in [0.2, 0.25) is 0 Å². The highest BCUT2D eigenvalue weighted by Crippen LogP contribution is 2.46. The Balaban J connectivity index is 1.34. The molecule has 1 amide bonds. The van der Waals surface area contributed by atoms with E-state index in [0.29, 0.717) is 5.92 Å². The van der Waals surface area contributed by atoms with Crippen LogP contribution in [-0.4, -0.2) is 43.8 Å². The van der Waals surface area contributed by atoms with Gasteiger partial charge in [-0.15, -0.1) is 0 Å². The van der Waals surface area contributed by atoms with Crippen molar-refractivity contribution in [2.24, 2.45) is 11.3 Å². The number of piperidine rings is 3. The van der Waals surface area contributed by atoms with Gasteiger partial charge in [0, 0.05) is 6.54 Å². The monoisotopic (exact) mass is 434 g/mol. The SMILES string of the molecule is COc1cc(-c2ccc3c(c2)CC(C)(C)C3NC(=O)O[C@H]2CN3CCC2CC3)ccc1C. The molecule has 0 aromatic heterocycles. The normalized spacial score (nSPS) is 27.6. The lowest BCUT2D eigenvalue weighted by Crippen LogP contribution is -2.53. The molecule has 4 aliphatic rings. The second-order valence-corrected chi connectivity index (χ2v) is 10.4. The molecule has 6 rings (SSSR count). The highest BCUT2D eigenvalue weighted by Gasteiger charge is 2.42. The highest BCUT2D eigenvalue weighted by atomic mass is 16.6. The van der Waals surface area contributed by atoms with Crippen LogP contribution in [0.5, 0.6) is 5.75 Å². The maximum absolute atomic E-state index is 12.9. The second kappa shape index (κ2) is 8.11. The average Bonchev–Trinajstić information content (AvgIpc) is 3.03. The number of alkyl carbamates (subject to hydrolysis) is 1. The molecule has 2 atom stereocenters. The van der Waals surface area contributed by atoms with E-state index in [2.05, 4.69) is 67.4 Å². The van der Waals surface area contributed by atoms with E-state index < -0.39 is 0 Å². The minimum Gasteiger partial charge on any atom is -0.496 e. The van der Waals surface area contributed by atoms with Gasteiger partial charge in [-0.3, -0.25) is 4.90 Å². The molecule has 2 aromatic carbocycles. The topological polar surface area (TPSA) is 50.8 Å². The summed E-state index contributed by atoms with van der Waals surface area (Å²) in [5.74, 6) is 1.42. The van der Waals surface area contributed by atoms with Crippen molar-refractivity contribution < 1.29 is 14.3 Å². The van der Waals surface area contributed by atoms with Gasteiger partial charge in [0.05, 0.1) is 13.2 Å². The third-order valence-corrected chi connectivity index (χ3v) is 7.74. The molecule has 3 saturated heterocycles. The number of nitrogens with zero attached hydrogens (tertiary/aromatic N) is 1. The summed E-state index contributed by atoms with van der Waals surface area (Å²) < 4.78 is 11.4. The largest absolute Gasteiger partial charge is 0.496 e. The van der Waals surface area contributed by atoms with E-state index in [-0.39, 0.29) is 23.7 Å². The summed E-state index contributed by atoms with van der Waals surface area (Å²) in [4.78, 5) is 15.3. The quantitative estimate of drug-likeness (QED) is 0.726. The number of hydrogen-bond donors (Lipinski definition) is 1. The predicted octanol–water partition coefficient (Wildman–Crippen LogP) is 5.11. The Kier molecular flexibility index (Phi) is 5.40. The Bertz CT molecular complexity index is 1020. The summed E-state index contributed by atoms with van der Waals surface area (Å²) in [6.45, 7) is 9.67. The van der Waals surface area contributed by atoms with Crippen molar-refractivity contribution in [3.8, 4) is 16.9 Å². The van der Waals surface area contributed by atoms with Crippen LogP contribution in [0.25, 0.3) is 11.1 Å². The van der Waals surface area contributed by atoms with E-state index in [0.717, 1.165) is 55.8 Å². The molecule has 0 spiro atoms. The van der Waals surface area contributed by atoms with Gasteiger partial charge in [-0.2, -0.15) is 0 Å². The van der Waals surface area contributed by atoms with E-state index >= 15 is 0 Å². The van der Waals surface area contributed by atoms with Crippen molar-refractivity contribution in [3.05, 3.63) is 53.1 Å². The highest BCUT2D eigenvalue weighted by molar-refractivity contribution is 5.71. The molecule has 1 aliphatic carbocycles. The zero-order chi connectivity index (χ0) is 22.5. The molecular formula is C27H34N2O3. The van der Waals surface area contributed by atoms with E-state index in [9.17, 15) is 4.79 Å². The van der Waals surface area contributed by atoms with E-state index in [1.807, 2.05) is 0 Å². The standard InChI is InChI=1S/C27H34N2O3/c1-17-5-6-20(14-23(17)31-4)19-7-8-22-21(13-19)15-27(2,3)25(22)28-26(30)32-24-16-29-11-9-18(24)10-12-29/h5-8,13-14,18,24-25H,9-12,15-16H2,1-4H3,(H,28,30)/t24-,25?/m0/s1. The molecule has 3 heterocycles. The smallest absolute Gasteiger partial charge is 0.407 e. The van der Waals surface area contributed by atoms with E-state index in [4.69, 9.17) is 9.47 Å². The van der Waals surface area contributed by atoms with Crippen molar-refractivity contribution in [2.45, 2.75) is 52.2 Å². The number of nitrogens with one attached hydrogen (secondary N) is 1. The molecule has 3 aliphatic heterocycles. The van der Waals surface area contributed by atoms with E-state index in [1.54, 1.807) is 7.11 Å². The molecule has 170 valence electrons. The zero-order valence-electron chi connectivity index (χ0n) is 19.6. The fourth-order valence-electron chi connectivity index (χ4n) is 5.84. The minimum absolute atomic E-state index is 0.0281. The molecule has 3 fully saturated rings. The minimum atomic E-state index is -0.276. The number of amides is 1.